The Kier molecular flexibility index (Phi) is 9.35. The Labute approximate surface area is 270 Å². The van der Waals surface area contributed by atoms with Crippen molar-refractivity contribution in [2.24, 2.45) is 16.5 Å². The number of halogens is 2. The van der Waals surface area contributed by atoms with E-state index in [0.29, 0.717) is 0 Å². The number of carbonyl (C=O) groups is 1. The zero-order valence-electron chi connectivity index (χ0n) is 23.6. The summed E-state index contributed by atoms with van der Waals surface area (Å²) in [5.74, 6) is -0.359. The predicted molar refractivity (Wildman–Crippen MR) is 166 cm³/mol. The molecule has 0 bridgehead atoms. The lowest BCUT2D eigenvalue weighted by molar-refractivity contribution is -0.0568. The summed E-state index contributed by atoms with van der Waals surface area (Å²) < 4.78 is 82.3. The molecule has 0 amide bonds. The van der Waals surface area contributed by atoms with Gasteiger partial charge in [-0.1, -0.05) is 0 Å². The van der Waals surface area contributed by atoms with E-state index in [9.17, 15) is 14.3 Å². The van der Waals surface area contributed by atoms with Gasteiger partial charge in [0.2, 0.25) is 0 Å². The molecular formula is C22H30BF2N10O9P2S-. The van der Waals surface area contributed by atoms with Crippen LogP contribution in [-0.2, 0) is 43.9 Å². The number of hydrogen-bond acceptors (Lipinski definition) is 17. The summed E-state index contributed by atoms with van der Waals surface area (Å²) in [7, 11) is -3.63. The molecule has 3 aromatic rings. The summed E-state index contributed by atoms with van der Waals surface area (Å²) in [4.78, 5) is 43.5. The Morgan fingerprint density at radius 2 is 1.60 bits per heavy atom. The van der Waals surface area contributed by atoms with Gasteiger partial charge in [-0.2, -0.15) is 0 Å². The maximum Gasteiger partial charge on any atom is 0.325 e. The van der Waals surface area contributed by atoms with Crippen molar-refractivity contribution in [1.29, 1.82) is 0 Å². The molecule has 4 aliphatic rings. The van der Waals surface area contributed by atoms with Gasteiger partial charge in [0.25, 0.3) is 0 Å². The van der Waals surface area contributed by atoms with Crippen molar-refractivity contribution >= 4 is 68.0 Å². The van der Waals surface area contributed by atoms with Crippen molar-refractivity contribution in [3.05, 3.63) is 24.7 Å². The average molecular weight is 721 g/mol. The highest BCUT2D eigenvalue weighted by atomic mass is 32.5. The van der Waals surface area contributed by atoms with E-state index in [0.717, 1.165) is 10.9 Å². The molecule has 4 aliphatic heterocycles. The molecule has 256 valence electrons. The molecule has 3 unspecified atom stereocenters. The van der Waals surface area contributed by atoms with Crippen molar-refractivity contribution in [1.82, 2.24) is 29.1 Å². The Bertz CT molecular complexity index is 1820. The van der Waals surface area contributed by atoms with E-state index in [1.54, 1.807) is 0 Å². The number of ether oxygens (including phenoxy) is 2. The molecule has 0 radical (unpaired) electrons. The molecule has 0 spiro atoms. The van der Waals surface area contributed by atoms with E-state index in [-0.39, 0.29) is 40.7 Å². The fourth-order valence-electron chi connectivity index (χ4n) is 5.30. The topological polar surface area (TPSA) is 262 Å². The van der Waals surface area contributed by atoms with Gasteiger partial charge in [0.1, 0.15) is 49.6 Å². The maximum atomic E-state index is 16.0. The van der Waals surface area contributed by atoms with Crippen LogP contribution in [0, 0.1) is 0 Å². The van der Waals surface area contributed by atoms with E-state index in [4.69, 9.17) is 50.8 Å². The fourth-order valence-corrected chi connectivity index (χ4v) is 7.52. The molecule has 25 heteroatoms. The molecule has 0 aromatic carbocycles. The fraction of sp³-hybridized carbons (Fsp3) is 0.545. The number of amidine groups is 1. The van der Waals surface area contributed by atoms with Crippen LogP contribution < -0.4 is 17.2 Å². The highest BCUT2D eigenvalue weighted by Crippen LogP contribution is 2.54. The second-order valence-electron chi connectivity index (χ2n) is 10.1. The first-order chi connectivity index (χ1) is 22.3. The summed E-state index contributed by atoms with van der Waals surface area (Å²) in [6.45, 7) is -5.38. The first-order valence-corrected chi connectivity index (χ1v) is 17.1. The lowest BCUT2D eigenvalue weighted by Crippen LogP contribution is -2.37. The Morgan fingerprint density at radius 3 is 2.30 bits per heavy atom. The molecule has 19 nitrogen and oxygen atoms in total. The second kappa shape index (κ2) is 12.9. The number of fused-ring (bicyclic) bond motifs is 4. The van der Waals surface area contributed by atoms with Gasteiger partial charge < -0.3 is 49.7 Å². The Hall–Kier alpha value is -2.82. The lowest BCUT2D eigenvalue weighted by atomic mass is 10.1. The average Bonchev–Trinajstić information content (AvgIpc) is 3.77. The number of Topliss-reactive ketones (excluding diaryl/α,β-unsaturated/α-hetero) is 1. The lowest BCUT2D eigenvalue weighted by Gasteiger charge is -2.31. The van der Waals surface area contributed by atoms with Gasteiger partial charge in [0, 0.05) is 0 Å². The molecule has 7 N–H and O–H groups in total. The number of alkyl halides is 2. The zero-order valence-corrected chi connectivity index (χ0v) is 26.2. The Balaban J connectivity index is 0.00000190. The van der Waals surface area contributed by atoms with Gasteiger partial charge in [0.15, 0.2) is 53.6 Å². The number of anilines is 1. The molecule has 0 aliphatic carbocycles. The number of nitrogens with zero attached hydrogens (tertiary/aromatic N) is 7. The Morgan fingerprint density at radius 1 is 0.979 bits per heavy atom. The van der Waals surface area contributed by atoms with Crippen molar-refractivity contribution in [2.75, 3.05) is 26.0 Å². The normalized spacial score (nSPS) is 37.5. The van der Waals surface area contributed by atoms with Crippen LogP contribution in [0.15, 0.2) is 24.0 Å². The van der Waals surface area contributed by atoms with Gasteiger partial charge >= 0.3 is 6.72 Å². The van der Waals surface area contributed by atoms with Gasteiger partial charge in [-0.05, 0) is 18.9 Å². The summed E-state index contributed by atoms with van der Waals surface area (Å²) in [5.41, 5.74) is 16.5. The molecule has 7 heterocycles. The number of nitrogens with two attached hydrogens (primary N) is 3. The minimum atomic E-state index is -4.25. The molecule has 3 saturated heterocycles. The van der Waals surface area contributed by atoms with E-state index >= 15 is 8.78 Å². The smallest absolute Gasteiger partial charge is 0.325 e. The number of ketones is 1. The van der Waals surface area contributed by atoms with Crippen LogP contribution in [-0.4, -0.2) is 110 Å². The van der Waals surface area contributed by atoms with Crippen molar-refractivity contribution in [2.45, 2.75) is 55.6 Å². The molecular weight excluding hydrogens is 691 g/mol. The monoisotopic (exact) mass is 721 g/mol. The highest BCUT2D eigenvalue weighted by Gasteiger charge is 2.53. The number of aliphatic imine (C=N–C) groups is 1. The quantitative estimate of drug-likeness (QED) is 0.191. The van der Waals surface area contributed by atoms with Crippen LogP contribution in [0.2, 0.25) is 0 Å². The van der Waals surface area contributed by atoms with Crippen molar-refractivity contribution in [3.8, 4) is 0 Å². The summed E-state index contributed by atoms with van der Waals surface area (Å²) in [6, 6.07) is 0. The number of imidazole rings is 2. The second-order valence-corrected chi connectivity index (χ2v) is 13.8. The minimum Gasteiger partial charge on any atom is -0.387 e. The number of hydrogen-bond donors (Lipinski definition) is 4. The van der Waals surface area contributed by atoms with Crippen LogP contribution in [0.3, 0.4) is 0 Å². The van der Waals surface area contributed by atoms with Crippen molar-refractivity contribution in [3.63, 3.8) is 0 Å². The molecule has 3 fully saturated rings. The van der Waals surface area contributed by atoms with E-state index in [1.165, 1.54) is 24.3 Å². The maximum absolute atomic E-state index is 16.0. The molecule has 10 atom stereocenters. The molecule has 7 rings (SSSR count). The summed E-state index contributed by atoms with van der Waals surface area (Å²) in [5, 5.41) is 0. The van der Waals surface area contributed by atoms with E-state index in [2.05, 4.69) is 30.7 Å². The first-order valence-electron chi connectivity index (χ1n) is 13.5. The number of carbonyl (C=O) groups excluding carboxylic acids is 1. The number of rotatable bonds is 2. The predicted octanol–water partition coefficient (Wildman–Crippen LogP) is -0.566. The third-order valence-electron chi connectivity index (χ3n) is 7.30. The van der Waals surface area contributed by atoms with Gasteiger partial charge in [-0.15, -0.1) is 0 Å². The van der Waals surface area contributed by atoms with Crippen LogP contribution in [0.1, 0.15) is 29.4 Å². The molecule has 3 aromatic heterocycles. The number of nitrogen functional groups attached to an aromatic ring is 1. The third-order valence-corrected chi connectivity index (χ3v) is 9.64. The largest absolute Gasteiger partial charge is 0.387 e. The molecule has 47 heavy (non-hydrogen) atoms. The van der Waals surface area contributed by atoms with Crippen LogP contribution in [0.4, 0.5) is 20.4 Å². The zero-order chi connectivity index (χ0) is 33.8. The highest BCUT2D eigenvalue weighted by molar-refractivity contribution is 8.07. The van der Waals surface area contributed by atoms with Crippen LogP contribution in [0.25, 0.3) is 11.2 Å². The summed E-state index contributed by atoms with van der Waals surface area (Å²) in [6.07, 6.45) is -9.04. The van der Waals surface area contributed by atoms with E-state index in [1.807, 2.05) is 0 Å². The molecule has 0 saturated carbocycles. The first kappa shape index (κ1) is 34.1. The standard InChI is InChI=1S/C21H25BF2N9O9P2S.CH5N/c22-43(35)37-2-8-16(12(24)21(39-8)33-5-29-13-7(34)1-10(25)31-19(13)33)42-44(36,45)38-3-9-15(41-43)11(23)20(40-9)32-6-30-14-17(26)27-4-28-18(14)32;1-2/h4-6,8-9,11-12,15-16,20-21H,1-3H2,22H3,(H2,25,31)(H,36,45)(H2,26,27,28);2H2,1H3/q-1;/t8-,9?,11-,12-,15-,16-,20-,21-,43?,44?;/m1./s1. The SMILES string of the molecule is CN.[BH3-]P1(=O)OC[C@H]2O[C@@H](n3cnc4c3N=C(N)CC4=O)[C@H](F)[C@@H]2OP(O)(=S)OCC2O[C@@H](n3cnc4c(N)ncnc43)[C@H](F)[C@@H]2O1. The number of aromatic nitrogens is 6. The van der Waals surface area contributed by atoms with Gasteiger partial charge in [0.05, 0.1) is 39.9 Å². The minimum absolute atomic E-state index is 0.00536. The van der Waals surface area contributed by atoms with Gasteiger partial charge in [-0.3, -0.25) is 18.5 Å². The van der Waals surface area contributed by atoms with Gasteiger partial charge in [-0.25, -0.2) is 33.7 Å². The van der Waals surface area contributed by atoms with Crippen molar-refractivity contribution < 1.29 is 50.6 Å². The third kappa shape index (κ3) is 6.38. The summed E-state index contributed by atoms with van der Waals surface area (Å²) >= 11 is 5.17. The van der Waals surface area contributed by atoms with Crippen LogP contribution >= 0.6 is 14.2 Å². The van der Waals surface area contributed by atoms with E-state index < -0.39 is 90.0 Å². The van der Waals surface area contributed by atoms with Crippen LogP contribution in [0.5, 0.6) is 0 Å².